The lowest BCUT2D eigenvalue weighted by molar-refractivity contribution is 0.272. The van der Waals surface area contributed by atoms with Crippen LogP contribution in [0.1, 0.15) is 68.5 Å². The summed E-state index contributed by atoms with van der Waals surface area (Å²) < 4.78 is 0. The highest BCUT2D eigenvalue weighted by atomic mass is 14.9. The van der Waals surface area contributed by atoms with E-state index >= 15 is 0 Å². The zero-order valence-corrected chi connectivity index (χ0v) is 12.8. The molecule has 0 aliphatic heterocycles. The Morgan fingerprint density at radius 1 is 1.10 bits per heavy atom. The second kappa shape index (κ2) is 6.71. The van der Waals surface area contributed by atoms with Gasteiger partial charge >= 0.3 is 0 Å². The van der Waals surface area contributed by atoms with Gasteiger partial charge in [0.25, 0.3) is 0 Å². The van der Waals surface area contributed by atoms with Gasteiger partial charge in [0.2, 0.25) is 0 Å². The first-order valence-electron chi connectivity index (χ1n) is 8.51. The molecular formula is C18H28N2. The molecule has 2 atom stereocenters. The van der Waals surface area contributed by atoms with Crippen LogP contribution in [0.3, 0.4) is 0 Å². The van der Waals surface area contributed by atoms with Crippen molar-refractivity contribution in [1.29, 1.82) is 0 Å². The van der Waals surface area contributed by atoms with Gasteiger partial charge in [-0.1, -0.05) is 31.7 Å². The molecule has 2 aliphatic rings. The van der Waals surface area contributed by atoms with Crippen LogP contribution in [0, 0.1) is 5.92 Å². The lowest BCUT2D eigenvalue weighted by Crippen LogP contribution is -2.40. The molecule has 2 aliphatic carbocycles. The highest BCUT2D eigenvalue weighted by Crippen LogP contribution is 2.38. The van der Waals surface area contributed by atoms with Crippen molar-refractivity contribution < 1.29 is 0 Å². The van der Waals surface area contributed by atoms with Crippen molar-refractivity contribution in [3.8, 4) is 0 Å². The third-order valence-corrected chi connectivity index (χ3v) is 5.41. The minimum Gasteiger partial charge on any atom is -0.316 e. The molecule has 1 N–H and O–H groups in total. The molecule has 0 amide bonds. The fourth-order valence-electron chi connectivity index (χ4n) is 4.43. The lowest BCUT2D eigenvalue weighted by Gasteiger charge is -2.36. The number of nitrogens with one attached hydrogen (secondary N) is 1. The Morgan fingerprint density at radius 3 is 2.65 bits per heavy atom. The van der Waals surface area contributed by atoms with Gasteiger partial charge < -0.3 is 5.32 Å². The van der Waals surface area contributed by atoms with Crippen LogP contribution in [0.2, 0.25) is 0 Å². The molecule has 1 aromatic heterocycles. The Labute approximate surface area is 123 Å². The zero-order chi connectivity index (χ0) is 13.8. The summed E-state index contributed by atoms with van der Waals surface area (Å²) >= 11 is 0. The SMILES string of the molecule is CNC(C1CCCCCC1)C1CCCc2cccnc21. The van der Waals surface area contributed by atoms with Gasteiger partial charge in [-0.15, -0.1) is 0 Å². The van der Waals surface area contributed by atoms with Gasteiger partial charge in [0.05, 0.1) is 0 Å². The first-order valence-corrected chi connectivity index (χ1v) is 8.51. The van der Waals surface area contributed by atoms with Crippen LogP contribution in [0.5, 0.6) is 0 Å². The standard InChI is InChI=1S/C18H28N2/c1-19-17(14-8-4-2-3-5-9-14)16-12-6-10-15-11-7-13-20-18(15)16/h7,11,13-14,16-17,19H,2-6,8-10,12H2,1H3. The van der Waals surface area contributed by atoms with Gasteiger partial charge in [0.1, 0.15) is 0 Å². The van der Waals surface area contributed by atoms with Crippen LogP contribution in [0.15, 0.2) is 18.3 Å². The lowest BCUT2D eigenvalue weighted by atomic mass is 9.75. The van der Waals surface area contributed by atoms with Crippen LogP contribution >= 0.6 is 0 Å². The fraction of sp³-hybridized carbons (Fsp3) is 0.722. The average molecular weight is 272 g/mol. The maximum Gasteiger partial charge on any atom is 0.0482 e. The Morgan fingerprint density at radius 2 is 1.90 bits per heavy atom. The molecule has 2 heteroatoms. The Balaban J connectivity index is 1.82. The predicted octanol–water partition coefficient (Wildman–Crippen LogP) is 4.06. The summed E-state index contributed by atoms with van der Waals surface area (Å²) in [5.74, 6) is 1.48. The van der Waals surface area contributed by atoms with Crippen LogP contribution in [-0.2, 0) is 6.42 Å². The topological polar surface area (TPSA) is 24.9 Å². The monoisotopic (exact) mass is 272 g/mol. The number of aromatic nitrogens is 1. The van der Waals surface area contributed by atoms with E-state index in [9.17, 15) is 0 Å². The molecule has 1 aromatic rings. The van der Waals surface area contributed by atoms with Crippen LogP contribution < -0.4 is 5.32 Å². The fourth-order valence-corrected chi connectivity index (χ4v) is 4.43. The van der Waals surface area contributed by atoms with Gasteiger partial charge in [-0.3, -0.25) is 4.98 Å². The molecule has 1 heterocycles. The largest absolute Gasteiger partial charge is 0.316 e. The highest BCUT2D eigenvalue weighted by molar-refractivity contribution is 5.27. The Bertz CT molecular complexity index is 421. The third kappa shape index (κ3) is 2.90. The quantitative estimate of drug-likeness (QED) is 0.839. The van der Waals surface area contributed by atoms with Gasteiger partial charge in [-0.2, -0.15) is 0 Å². The molecule has 20 heavy (non-hydrogen) atoms. The van der Waals surface area contributed by atoms with Crippen molar-refractivity contribution in [3.05, 3.63) is 29.6 Å². The molecule has 0 saturated heterocycles. The van der Waals surface area contributed by atoms with E-state index in [0.717, 1.165) is 5.92 Å². The molecule has 0 spiro atoms. The van der Waals surface area contributed by atoms with Crippen molar-refractivity contribution >= 4 is 0 Å². The molecule has 2 unspecified atom stereocenters. The number of hydrogen-bond acceptors (Lipinski definition) is 2. The molecule has 0 bridgehead atoms. The molecule has 110 valence electrons. The molecule has 2 nitrogen and oxygen atoms in total. The zero-order valence-electron chi connectivity index (χ0n) is 12.8. The molecule has 0 radical (unpaired) electrons. The summed E-state index contributed by atoms with van der Waals surface area (Å²) in [6.07, 6.45) is 14.4. The number of fused-ring (bicyclic) bond motifs is 1. The van der Waals surface area contributed by atoms with Gasteiger partial charge in [-0.05, 0) is 56.7 Å². The van der Waals surface area contributed by atoms with E-state index in [4.69, 9.17) is 4.98 Å². The van der Waals surface area contributed by atoms with Crippen LogP contribution in [-0.4, -0.2) is 18.1 Å². The first-order chi connectivity index (χ1) is 9.90. The van der Waals surface area contributed by atoms with Gasteiger partial charge in [0, 0.05) is 23.9 Å². The number of likely N-dealkylation sites (N-methyl/N-ethyl adjacent to an activating group) is 1. The van der Waals surface area contributed by atoms with Gasteiger partial charge in [-0.25, -0.2) is 0 Å². The minimum absolute atomic E-state index is 0.627. The van der Waals surface area contributed by atoms with Crippen LogP contribution in [0.4, 0.5) is 0 Å². The number of rotatable bonds is 3. The first kappa shape index (κ1) is 14.1. The summed E-state index contributed by atoms with van der Waals surface area (Å²) in [6.45, 7) is 0. The predicted molar refractivity (Wildman–Crippen MR) is 84.0 cm³/mol. The van der Waals surface area contributed by atoms with E-state index < -0.39 is 0 Å². The molecule has 0 aromatic carbocycles. The molecule has 1 fully saturated rings. The second-order valence-electron chi connectivity index (χ2n) is 6.61. The maximum atomic E-state index is 4.75. The van der Waals surface area contributed by atoms with Gasteiger partial charge in [0.15, 0.2) is 0 Å². The van der Waals surface area contributed by atoms with E-state index in [0.29, 0.717) is 12.0 Å². The number of hydrogen-bond donors (Lipinski definition) is 1. The summed E-state index contributed by atoms with van der Waals surface area (Å²) in [6, 6.07) is 5.01. The van der Waals surface area contributed by atoms with E-state index in [1.165, 1.54) is 69.0 Å². The third-order valence-electron chi connectivity index (χ3n) is 5.41. The van der Waals surface area contributed by atoms with E-state index in [1.807, 2.05) is 6.20 Å². The van der Waals surface area contributed by atoms with E-state index in [-0.39, 0.29) is 0 Å². The van der Waals surface area contributed by atoms with E-state index in [1.54, 1.807) is 0 Å². The Kier molecular flexibility index (Phi) is 4.72. The summed E-state index contributed by atoms with van der Waals surface area (Å²) in [4.78, 5) is 4.75. The van der Waals surface area contributed by atoms with E-state index in [2.05, 4.69) is 24.5 Å². The number of pyridine rings is 1. The Hall–Kier alpha value is -0.890. The minimum atomic E-state index is 0.627. The molecule has 1 saturated carbocycles. The maximum absolute atomic E-state index is 4.75. The summed E-state index contributed by atoms with van der Waals surface area (Å²) in [5, 5.41) is 3.67. The average Bonchev–Trinajstić information content (AvgIpc) is 2.78. The van der Waals surface area contributed by atoms with Crippen LogP contribution in [0.25, 0.3) is 0 Å². The van der Waals surface area contributed by atoms with Crippen molar-refractivity contribution in [3.63, 3.8) is 0 Å². The molecular weight excluding hydrogens is 244 g/mol. The summed E-state index contributed by atoms with van der Waals surface area (Å²) in [7, 11) is 2.16. The molecule has 3 rings (SSSR count). The normalized spacial score (nSPS) is 25.8. The number of aryl methyl sites for hydroxylation is 1. The highest BCUT2D eigenvalue weighted by Gasteiger charge is 2.33. The van der Waals surface area contributed by atoms with Crippen molar-refractivity contribution in [2.75, 3.05) is 7.05 Å². The summed E-state index contributed by atoms with van der Waals surface area (Å²) in [5.41, 5.74) is 2.89. The number of nitrogens with zero attached hydrogens (tertiary/aromatic N) is 1. The van der Waals surface area contributed by atoms with Crippen molar-refractivity contribution in [1.82, 2.24) is 10.3 Å². The van der Waals surface area contributed by atoms with Crippen molar-refractivity contribution in [2.24, 2.45) is 5.92 Å². The second-order valence-corrected chi connectivity index (χ2v) is 6.61. The smallest absolute Gasteiger partial charge is 0.0482 e. The van der Waals surface area contributed by atoms with Crippen molar-refractivity contribution in [2.45, 2.75) is 69.7 Å².